The normalized spacial score (nSPS) is 12.1. The minimum Gasteiger partial charge on any atom is -0.481 e. The summed E-state index contributed by atoms with van der Waals surface area (Å²) in [6.45, 7) is 1.80. The highest BCUT2D eigenvalue weighted by molar-refractivity contribution is 5.87. The van der Waals surface area contributed by atoms with E-state index in [1.54, 1.807) is 19.1 Å². The molecular weight excluding hydrogens is 196 g/mol. The number of aliphatic carboxylic acids is 1. The third-order valence-corrected chi connectivity index (χ3v) is 2.21. The summed E-state index contributed by atoms with van der Waals surface area (Å²) in [6, 6.07) is 6.26. The van der Waals surface area contributed by atoms with E-state index in [1.165, 1.54) is 12.1 Å². The summed E-state index contributed by atoms with van der Waals surface area (Å²) < 4.78 is 0. The lowest BCUT2D eigenvalue weighted by atomic mass is 9.97. The minimum atomic E-state index is -0.979. The van der Waals surface area contributed by atoms with E-state index < -0.39 is 11.9 Å². The van der Waals surface area contributed by atoms with Crippen LogP contribution in [0.2, 0.25) is 0 Å². The highest BCUT2D eigenvalue weighted by atomic mass is 16.4. The molecule has 0 radical (unpaired) electrons. The quantitative estimate of drug-likeness (QED) is 0.793. The van der Waals surface area contributed by atoms with Gasteiger partial charge in [0.15, 0.2) is 0 Å². The molecule has 15 heavy (non-hydrogen) atoms. The predicted octanol–water partition coefficient (Wildman–Crippen LogP) is 1.96. The Kier molecular flexibility index (Phi) is 3.44. The number of carbonyl (C=O) groups is 2. The first-order valence-electron chi connectivity index (χ1n) is 4.55. The van der Waals surface area contributed by atoms with Crippen molar-refractivity contribution < 1.29 is 19.8 Å². The van der Waals surface area contributed by atoms with Crippen molar-refractivity contribution in [2.75, 3.05) is 0 Å². The molecule has 0 aliphatic heterocycles. The maximum atomic E-state index is 10.6. The predicted molar refractivity (Wildman–Crippen MR) is 54.1 cm³/mol. The molecule has 0 saturated heterocycles. The molecule has 1 aromatic carbocycles. The topological polar surface area (TPSA) is 74.6 Å². The van der Waals surface area contributed by atoms with Crippen LogP contribution in [0.3, 0.4) is 0 Å². The molecule has 0 amide bonds. The Bertz CT molecular complexity index is 367. The lowest BCUT2D eigenvalue weighted by Crippen LogP contribution is -2.03. The van der Waals surface area contributed by atoms with Crippen molar-refractivity contribution in [2.45, 2.75) is 19.3 Å². The standard InChI is InChI=1S/C11H12O4/c1-7(6-10(12)13)8-2-4-9(5-3-8)11(14)15/h2-5,7H,6H2,1H3,(H,12,13)(H,14,15). The second-order valence-electron chi connectivity index (χ2n) is 3.43. The number of benzene rings is 1. The minimum absolute atomic E-state index is 0.0480. The van der Waals surface area contributed by atoms with Crippen molar-refractivity contribution in [2.24, 2.45) is 0 Å². The molecule has 0 aliphatic carbocycles. The van der Waals surface area contributed by atoms with E-state index in [0.717, 1.165) is 5.56 Å². The van der Waals surface area contributed by atoms with Crippen LogP contribution in [0, 0.1) is 0 Å². The van der Waals surface area contributed by atoms with Crippen LogP contribution in [0.25, 0.3) is 0 Å². The largest absolute Gasteiger partial charge is 0.481 e. The van der Waals surface area contributed by atoms with Gasteiger partial charge in [-0.15, -0.1) is 0 Å². The van der Waals surface area contributed by atoms with Crippen molar-refractivity contribution in [1.29, 1.82) is 0 Å². The molecule has 0 spiro atoms. The van der Waals surface area contributed by atoms with Crippen LogP contribution in [0.4, 0.5) is 0 Å². The average Bonchev–Trinajstić information content (AvgIpc) is 2.17. The fourth-order valence-corrected chi connectivity index (χ4v) is 1.33. The van der Waals surface area contributed by atoms with Crippen LogP contribution in [0.1, 0.15) is 35.2 Å². The first kappa shape index (κ1) is 11.2. The number of aromatic carboxylic acids is 1. The number of rotatable bonds is 4. The highest BCUT2D eigenvalue weighted by Gasteiger charge is 2.10. The third kappa shape index (κ3) is 3.09. The van der Waals surface area contributed by atoms with Crippen LogP contribution in [0.5, 0.6) is 0 Å². The molecule has 2 N–H and O–H groups in total. The van der Waals surface area contributed by atoms with Gasteiger partial charge in [-0.1, -0.05) is 19.1 Å². The molecule has 0 bridgehead atoms. The lowest BCUT2D eigenvalue weighted by molar-refractivity contribution is -0.137. The number of carboxylic acid groups (broad SMARTS) is 2. The van der Waals surface area contributed by atoms with Gasteiger partial charge in [0, 0.05) is 0 Å². The second kappa shape index (κ2) is 4.59. The van der Waals surface area contributed by atoms with Gasteiger partial charge in [0.25, 0.3) is 0 Å². The van der Waals surface area contributed by atoms with Crippen molar-refractivity contribution in [3.05, 3.63) is 35.4 Å². The Balaban J connectivity index is 2.79. The summed E-state index contributed by atoms with van der Waals surface area (Å²) in [4.78, 5) is 21.0. The van der Waals surface area contributed by atoms with Gasteiger partial charge in [-0.05, 0) is 23.6 Å². The van der Waals surface area contributed by atoms with Crippen molar-refractivity contribution in [3.8, 4) is 0 Å². The smallest absolute Gasteiger partial charge is 0.335 e. The van der Waals surface area contributed by atoms with Crippen LogP contribution in [0.15, 0.2) is 24.3 Å². The average molecular weight is 208 g/mol. The lowest BCUT2D eigenvalue weighted by Gasteiger charge is -2.08. The van der Waals surface area contributed by atoms with Gasteiger partial charge in [0.2, 0.25) is 0 Å². The van der Waals surface area contributed by atoms with Crippen molar-refractivity contribution >= 4 is 11.9 Å². The van der Waals surface area contributed by atoms with Gasteiger partial charge >= 0.3 is 11.9 Å². The molecule has 1 unspecified atom stereocenters. The fourth-order valence-electron chi connectivity index (χ4n) is 1.33. The number of hydrogen-bond donors (Lipinski definition) is 2. The van der Waals surface area contributed by atoms with Crippen molar-refractivity contribution in [1.82, 2.24) is 0 Å². The fraction of sp³-hybridized carbons (Fsp3) is 0.273. The molecule has 0 heterocycles. The van der Waals surface area contributed by atoms with E-state index >= 15 is 0 Å². The first-order valence-corrected chi connectivity index (χ1v) is 4.55. The zero-order chi connectivity index (χ0) is 11.4. The molecule has 4 heteroatoms. The van der Waals surface area contributed by atoms with Crippen LogP contribution < -0.4 is 0 Å². The SMILES string of the molecule is CC(CC(=O)O)c1ccc(C(=O)O)cc1. The zero-order valence-corrected chi connectivity index (χ0v) is 8.30. The Hall–Kier alpha value is -1.84. The van der Waals surface area contributed by atoms with E-state index in [4.69, 9.17) is 10.2 Å². The van der Waals surface area contributed by atoms with Crippen molar-refractivity contribution in [3.63, 3.8) is 0 Å². The summed E-state index contributed by atoms with van der Waals surface area (Å²) >= 11 is 0. The molecule has 1 aromatic rings. The molecule has 0 aliphatic rings. The molecule has 4 nitrogen and oxygen atoms in total. The van der Waals surface area contributed by atoms with Gasteiger partial charge in [0.05, 0.1) is 12.0 Å². The molecule has 1 rings (SSSR count). The molecular formula is C11H12O4. The molecule has 0 aromatic heterocycles. The van der Waals surface area contributed by atoms with E-state index in [2.05, 4.69) is 0 Å². The van der Waals surface area contributed by atoms with Crippen LogP contribution in [-0.4, -0.2) is 22.2 Å². The summed E-state index contributed by atoms with van der Waals surface area (Å²) in [6.07, 6.45) is 0.0480. The summed E-state index contributed by atoms with van der Waals surface area (Å²) in [5.41, 5.74) is 1.05. The highest BCUT2D eigenvalue weighted by Crippen LogP contribution is 2.19. The maximum absolute atomic E-state index is 10.6. The van der Waals surface area contributed by atoms with Gasteiger partial charge in [-0.25, -0.2) is 4.79 Å². The van der Waals surface area contributed by atoms with E-state index in [-0.39, 0.29) is 17.9 Å². The van der Waals surface area contributed by atoms with E-state index in [9.17, 15) is 9.59 Å². The van der Waals surface area contributed by atoms with Gasteiger partial charge in [-0.3, -0.25) is 4.79 Å². The number of carboxylic acids is 2. The second-order valence-corrected chi connectivity index (χ2v) is 3.43. The van der Waals surface area contributed by atoms with Gasteiger partial charge in [-0.2, -0.15) is 0 Å². The first-order chi connectivity index (χ1) is 7.00. The Morgan fingerprint density at radius 3 is 2.13 bits per heavy atom. The Morgan fingerprint density at radius 2 is 1.73 bits per heavy atom. The summed E-state index contributed by atoms with van der Waals surface area (Å²) in [5, 5.41) is 17.3. The molecule has 80 valence electrons. The molecule has 0 saturated carbocycles. The van der Waals surface area contributed by atoms with E-state index in [1.807, 2.05) is 0 Å². The third-order valence-electron chi connectivity index (χ3n) is 2.21. The molecule has 1 atom stereocenters. The monoisotopic (exact) mass is 208 g/mol. The van der Waals surface area contributed by atoms with Gasteiger partial charge < -0.3 is 10.2 Å². The van der Waals surface area contributed by atoms with E-state index in [0.29, 0.717) is 0 Å². The van der Waals surface area contributed by atoms with Gasteiger partial charge in [0.1, 0.15) is 0 Å². The summed E-state index contributed by atoms with van der Waals surface area (Å²) in [5.74, 6) is -1.94. The number of hydrogen-bond acceptors (Lipinski definition) is 2. The summed E-state index contributed by atoms with van der Waals surface area (Å²) in [7, 11) is 0. The molecule has 0 fully saturated rings. The van der Waals surface area contributed by atoms with Crippen LogP contribution in [-0.2, 0) is 4.79 Å². The zero-order valence-electron chi connectivity index (χ0n) is 8.30. The van der Waals surface area contributed by atoms with Crippen LogP contribution >= 0.6 is 0 Å². The maximum Gasteiger partial charge on any atom is 0.335 e. The Labute approximate surface area is 87.2 Å². The Morgan fingerprint density at radius 1 is 1.20 bits per heavy atom.